The summed E-state index contributed by atoms with van der Waals surface area (Å²) in [6, 6.07) is 14.9. The predicted octanol–water partition coefficient (Wildman–Crippen LogP) is 4.30. The average molecular weight is 408 g/mol. The molecular formula is C24H29N3O3. The Morgan fingerprint density at radius 1 is 1.07 bits per heavy atom. The summed E-state index contributed by atoms with van der Waals surface area (Å²) < 4.78 is 5.12. The number of hydrazone groups is 1. The van der Waals surface area contributed by atoms with Gasteiger partial charge in [0.05, 0.1) is 19.2 Å². The first-order valence-electron chi connectivity index (χ1n) is 10.4. The lowest BCUT2D eigenvalue weighted by Crippen LogP contribution is -2.24. The fraction of sp³-hybridized carbons (Fsp3) is 0.375. The van der Waals surface area contributed by atoms with Gasteiger partial charge in [-0.25, -0.2) is 5.43 Å². The fourth-order valence-corrected chi connectivity index (χ4v) is 3.61. The van der Waals surface area contributed by atoms with Gasteiger partial charge >= 0.3 is 0 Å². The van der Waals surface area contributed by atoms with Crippen LogP contribution in [0, 0.1) is 5.92 Å². The van der Waals surface area contributed by atoms with E-state index >= 15 is 0 Å². The van der Waals surface area contributed by atoms with Gasteiger partial charge in [-0.1, -0.05) is 43.5 Å². The SMILES string of the molecule is COc1ccc(CC(=O)N/N=C(\C)c2cccc(NC(=O)C3CCCCC3)c2)cc1. The quantitative estimate of drug-likeness (QED) is 0.531. The van der Waals surface area contributed by atoms with Crippen molar-refractivity contribution in [2.75, 3.05) is 12.4 Å². The zero-order valence-corrected chi connectivity index (χ0v) is 17.6. The third-order valence-corrected chi connectivity index (χ3v) is 5.40. The van der Waals surface area contributed by atoms with Crippen LogP contribution in [-0.4, -0.2) is 24.6 Å². The van der Waals surface area contributed by atoms with Crippen molar-refractivity contribution in [1.29, 1.82) is 0 Å². The molecule has 6 heteroatoms. The van der Waals surface area contributed by atoms with Crippen molar-refractivity contribution < 1.29 is 14.3 Å². The van der Waals surface area contributed by atoms with E-state index in [1.807, 2.05) is 55.5 Å². The van der Waals surface area contributed by atoms with E-state index in [9.17, 15) is 9.59 Å². The Morgan fingerprint density at radius 2 is 1.80 bits per heavy atom. The van der Waals surface area contributed by atoms with Crippen LogP contribution in [0.25, 0.3) is 0 Å². The molecule has 3 rings (SSSR count). The second-order valence-electron chi connectivity index (χ2n) is 7.66. The maximum Gasteiger partial charge on any atom is 0.244 e. The van der Waals surface area contributed by atoms with E-state index in [-0.39, 0.29) is 24.2 Å². The van der Waals surface area contributed by atoms with Crippen LogP contribution < -0.4 is 15.5 Å². The number of benzene rings is 2. The average Bonchev–Trinajstić information content (AvgIpc) is 2.78. The van der Waals surface area contributed by atoms with Crippen LogP contribution in [0.2, 0.25) is 0 Å². The highest BCUT2D eigenvalue weighted by Crippen LogP contribution is 2.25. The van der Waals surface area contributed by atoms with E-state index in [4.69, 9.17) is 4.74 Å². The molecule has 158 valence electrons. The third kappa shape index (κ3) is 6.17. The highest BCUT2D eigenvalue weighted by Gasteiger charge is 2.21. The summed E-state index contributed by atoms with van der Waals surface area (Å²) in [7, 11) is 1.61. The van der Waals surface area contributed by atoms with Gasteiger partial charge in [-0.15, -0.1) is 0 Å². The third-order valence-electron chi connectivity index (χ3n) is 5.40. The highest BCUT2D eigenvalue weighted by molar-refractivity contribution is 6.01. The number of hydrogen-bond donors (Lipinski definition) is 2. The summed E-state index contributed by atoms with van der Waals surface area (Å²) >= 11 is 0. The standard InChI is InChI=1S/C24H29N3O3/c1-17(26-27-23(28)15-18-11-13-22(30-2)14-12-18)20-9-6-10-21(16-20)25-24(29)19-7-4-3-5-8-19/h6,9-14,16,19H,3-5,7-8,15H2,1-2H3,(H,25,29)(H,27,28)/b26-17+. The molecule has 6 nitrogen and oxygen atoms in total. The molecule has 1 saturated carbocycles. The van der Waals surface area contributed by atoms with Gasteiger partial charge in [-0.2, -0.15) is 5.10 Å². The number of methoxy groups -OCH3 is 1. The maximum atomic E-state index is 12.5. The molecular weight excluding hydrogens is 378 g/mol. The maximum absolute atomic E-state index is 12.5. The summed E-state index contributed by atoms with van der Waals surface area (Å²) in [6.45, 7) is 1.83. The lowest BCUT2D eigenvalue weighted by atomic mass is 9.88. The molecule has 2 amide bonds. The van der Waals surface area contributed by atoms with E-state index < -0.39 is 0 Å². The summed E-state index contributed by atoms with van der Waals surface area (Å²) in [6.07, 6.45) is 5.63. The van der Waals surface area contributed by atoms with E-state index in [0.717, 1.165) is 48.2 Å². The smallest absolute Gasteiger partial charge is 0.244 e. The number of carbonyl (C=O) groups excluding carboxylic acids is 2. The second-order valence-corrected chi connectivity index (χ2v) is 7.66. The molecule has 0 aromatic heterocycles. The molecule has 0 unspecified atom stereocenters. The number of ether oxygens (including phenoxy) is 1. The van der Waals surface area contributed by atoms with Crippen molar-refractivity contribution in [2.45, 2.75) is 45.4 Å². The summed E-state index contributed by atoms with van der Waals surface area (Å²) in [5.74, 6) is 0.758. The Kier molecular flexibility index (Phi) is 7.60. The van der Waals surface area contributed by atoms with Crippen molar-refractivity contribution in [3.63, 3.8) is 0 Å². The minimum atomic E-state index is -0.193. The van der Waals surface area contributed by atoms with Crippen molar-refractivity contribution in [3.05, 3.63) is 59.7 Å². The lowest BCUT2D eigenvalue weighted by Gasteiger charge is -2.20. The molecule has 0 aliphatic heterocycles. The zero-order chi connectivity index (χ0) is 21.3. The van der Waals surface area contributed by atoms with Crippen LogP contribution in [0.1, 0.15) is 50.2 Å². The van der Waals surface area contributed by atoms with Gasteiger partial charge in [-0.05, 0) is 55.2 Å². The van der Waals surface area contributed by atoms with Crippen LogP contribution in [0.15, 0.2) is 53.6 Å². The number of nitrogens with one attached hydrogen (secondary N) is 2. The fourth-order valence-electron chi connectivity index (χ4n) is 3.61. The monoisotopic (exact) mass is 407 g/mol. The number of nitrogens with zero attached hydrogens (tertiary/aromatic N) is 1. The van der Waals surface area contributed by atoms with Crippen molar-refractivity contribution in [1.82, 2.24) is 5.43 Å². The number of amides is 2. The van der Waals surface area contributed by atoms with Gasteiger partial charge in [0.2, 0.25) is 11.8 Å². The highest BCUT2D eigenvalue weighted by atomic mass is 16.5. The van der Waals surface area contributed by atoms with Crippen LogP contribution >= 0.6 is 0 Å². The van der Waals surface area contributed by atoms with Gasteiger partial charge in [0.1, 0.15) is 5.75 Å². The first-order chi connectivity index (χ1) is 14.5. The number of anilines is 1. The molecule has 2 N–H and O–H groups in total. The molecule has 1 aliphatic carbocycles. The van der Waals surface area contributed by atoms with Gasteiger partial charge < -0.3 is 10.1 Å². The molecule has 2 aromatic carbocycles. The van der Waals surface area contributed by atoms with Crippen LogP contribution in [0.4, 0.5) is 5.69 Å². The Bertz CT molecular complexity index is 900. The molecule has 30 heavy (non-hydrogen) atoms. The van der Waals surface area contributed by atoms with Crippen molar-refractivity contribution in [3.8, 4) is 5.75 Å². The summed E-state index contributed by atoms with van der Waals surface area (Å²) in [5.41, 5.74) is 5.76. The number of hydrogen-bond acceptors (Lipinski definition) is 4. The molecule has 0 bridgehead atoms. The molecule has 1 fully saturated rings. The zero-order valence-electron chi connectivity index (χ0n) is 17.6. The predicted molar refractivity (Wildman–Crippen MR) is 119 cm³/mol. The first-order valence-corrected chi connectivity index (χ1v) is 10.4. The molecule has 0 atom stereocenters. The van der Waals surface area contributed by atoms with Crippen LogP contribution in [0.5, 0.6) is 5.75 Å². The summed E-state index contributed by atoms with van der Waals surface area (Å²) in [4.78, 5) is 24.7. The summed E-state index contributed by atoms with van der Waals surface area (Å²) in [5, 5.41) is 7.24. The van der Waals surface area contributed by atoms with Crippen LogP contribution in [-0.2, 0) is 16.0 Å². The molecule has 0 spiro atoms. The van der Waals surface area contributed by atoms with Crippen molar-refractivity contribution in [2.24, 2.45) is 11.0 Å². The van der Waals surface area contributed by atoms with E-state index in [1.165, 1.54) is 6.42 Å². The van der Waals surface area contributed by atoms with E-state index in [2.05, 4.69) is 15.8 Å². The molecule has 0 heterocycles. The van der Waals surface area contributed by atoms with Crippen LogP contribution in [0.3, 0.4) is 0 Å². The largest absolute Gasteiger partial charge is 0.497 e. The van der Waals surface area contributed by atoms with Gasteiger partial charge in [0, 0.05) is 11.6 Å². The number of carbonyl (C=O) groups is 2. The molecule has 2 aromatic rings. The Labute approximate surface area is 177 Å². The second kappa shape index (κ2) is 10.6. The Hall–Kier alpha value is -3.15. The molecule has 1 aliphatic rings. The van der Waals surface area contributed by atoms with E-state index in [1.54, 1.807) is 7.11 Å². The first kappa shape index (κ1) is 21.6. The van der Waals surface area contributed by atoms with Crippen molar-refractivity contribution >= 4 is 23.2 Å². The topological polar surface area (TPSA) is 79.8 Å². The lowest BCUT2D eigenvalue weighted by molar-refractivity contribution is -0.121. The normalized spacial score (nSPS) is 14.8. The number of rotatable bonds is 7. The van der Waals surface area contributed by atoms with Gasteiger partial charge in [0.15, 0.2) is 0 Å². The molecule has 0 radical (unpaired) electrons. The van der Waals surface area contributed by atoms with Gasteiger partial charge in [0.25, 0.3) is 0 Å². The molecule has 0 saturated heterocycles. The minimum absolute atomic E-state index is 0.0919. The Balaban J connectivity index is 1.56. The van der Waals surface area contributed by atoms with E-state index in [0.29, 0.717) is 5.71 Å². The van der Waals surface area contributed by atoms with Gasteiger partial charge in [-0.3, -0.25) is 9.59 Å². The minimum Gasteiger partial charge on any atom is -0.497 e. The Morgan fingerprint density at radius 3 is 2.50 bits per heavy atom.